The second-order valence-corrected chi connectivity index (χ2v) is 8.03. The Morgan fingerprint density at radius 1 is 1.00 bits per heavy atom. The van der Waals surface area contributed by atoms with Gasteiger partial charge in [0.2, 0.25) is 0 Å². The average Bonchev–Trinajstić information content (AvgIpc) is 3.04. The molecule has 0 bridgehead atoms. The van der Waals surface area contributed by atoms with Crippen LogP contribution in [0.2, 0.25) is 0 Å². The van der Waals surface area contributed by atoms with Gasteiger partial charge in [-0.15, -0.1) is 0 Å². The molecule has 10 heteroatoms. The van der Waals surface area contributed by atoms with Gasteiger partial charge in [-0.2, -0.15) is 22.0 Å². The van der Waals surface area contributed by atoms with E-state index in [4.69, 9.17) is 0 Å². The molecule has 3 aromatic rings. The van der Waals surface area contributed by atoms with Gasteiger partial charge in [0.15, 0.2) is 9.84 Å². The molecule has 0 saturated heterocycles. The quantitative estimate of drug-likeness (QED) is 0.604. The van der Waals surface area contributed by atoms with Crippen molar-refractivity contribution < 1.29 is 30.4 Å². The van der Waals surface area contributed by atoms with Crippen LogP contribution < -0.4 is 0 Å². The highest BCUT2D eigenvalue weighted by molar-refractivity contribution is 7.91. The third-order valence-corrected chi connectivity index (χ3v) is 5.83. The van der Waals surface area contributed by atoms with Gasteiger partial charge in [-0.1, -0.05) is 25.1 Å². The number of hydrogen-bond donors (Lipinski definition) is 0. The van der Waals surface area contributed by atoms with Gasteiger partial charge < -0.3 is 4.40 Å². The third-order valence-electron chi connectivity index (χ3n) is 4.05. The summed E-state index contributed by atoms with van der Waals surface area (Å²) in [6.07, 6.45) is -3.88. The van der Waals surface area contributed by atoms with Crippen molar-refractivity contribution in [2.45, 2.75) is 23.9 Å². The topological polar surface area (TPSA) is 51.4 Å². The van der Waals surface area contributed by atoms with Gasteiger partial charge in [-0.3, -0.25) is 0 Å². The first-order chi connectivity index (χ1) is 12.5. The molecule has 0 aliphatic rings. The second kappa shape index (κ2) is 6.29. The van der Waals surface area contributed by atoms with Gasteiger partial charge in [-0.05, 0) is 18.2 Å². The highest BCUT2D eigenvalue weighted by Gasteiger charge is 2.58. The number of alkyl halides is 5. The van der Waals surface area contributed by atoms with Crippen LogP contribution in [0.15, 0.2) is 53.7 Å². The van der Waals surface area contributed by atoms with Crippen LogP contribution in [0.25, 0.3) is 16.9 Å². The van der Waals surface area contributed by atoms with Crippen molar-refractivity contribution in [2.75, 3.05) is 5.75 Å². The van der Waals surface area contributed by atoms with Crippen molar-refractivity contribution in [3.05, 3.63) is 54.4 Å². The molecule has 0 unspecified atom stereocenters. The van der Waals surface area contributed by atoms with E-state index in [1.165, 1.54) is 31.3 Å². The summed E-state index contributed by atoms with van der Waals surface area (Å²) in [5, 5.41) is 0. The Balaban J connectivity index is 2.15. The van der Waals surface area contributed by atoms with E-state index in [2.05, 4.69) is 4.98 Å². The fourth-order valence-electron chi connectivity index (χ4n) is 2.58. The third kappa shape index (κ3) is 3.29. The van der Waals surface area contributed by atoms with E-state index < -0.39 is 27.5 Å². The van der Waals surface area contributed by atoms with Gasteiger partial charge in [0.25, 0.3) is 0 Å². The number of aromatic nitrogens is 2. The van der Waals surface area contributed by atoms with Gasteiger partial charge >= 0.3 is 12.1 Å². The number of nitrogens with zero attached hydrogens (tertiary/aromatic N) is 2. The average molecular weight is 404 g/mol. The summed E-state index contributed by atoms with van der Waals surface area (Å²) in [7, 11) is -3.58. The van der Waals surface area contributed by atoms with Crippen LogP contribution in [0.5, 0.6) is 0 Å². The number of hydrogen-bond acceptors (Lipinski definition) is 3. The van der Waals surface area contributed by atoms with E-state index >= 15 is 0 Å². The lowest BCUT2D eigenvalue weighted by atomic mass is 10.1. The highest BCUT2D eigenvalue weighted by atomic mass is 32.2. The Morgan fingerprint density at radius 3 is 2.30 bits per heavy atom. The number of benzene rings is 1. The fraction of sp³-hybridized carbons (Fsp3) is 0.235. The van der Waals surface area contributed by atoms with Gasteiger partial charge in [0, 0.05) is 23.5 Å². The minimum absolute atomic E-state index is 0.0109. The molecule has 0 N–H and O–H groups in total. The smallest absolute Gasteiger partial charge is 0.306 e. The minimum Gasteiger partial charge on any atom is -0.306 e. The molecule has 0 amide bonds. The summed E-state index contributed by atoms with van der Waals surface area (Å²) in [6.45, 7) is 1.47. The van der Waals surface area contributed by atoms with Crippen molar-refractivity contribution in [1.82, 2.24) is 9.38 Å². The maximum absolute atomic E-state index is 13.5. The molecule has 3 rings (SSSR count). The molecule has 0 fully saturated rings. The number of pyridine rings is 1. The molecular weight excluding hydrogens is 391 g/mol. The lowest BCUT2D eigenvalue weighted by molar-refractivity contribution is -0.289. The molecule has 0 saturated carbocycles. The van der Waals surface area contributed by atoms with Crippen LogP contribution >= 0.6 is 0 Å². The van der Waals surface area contributed by atoms with E-state index in [0.717, 1.165) is 10.5 Å². The molecule has 144 valence electrons. The summed E-state index contributed by atoms with van der Waals surface area (Å²) < 4.78 is 90.3. The first kappa shape index (κ1) is 19.3. The Bertz CT molecular complexity index is 1100. The van der Waals surface area contributed by atoms with Crippen molar-refractivity contribution in [2.24, 2.45) is 0 Å². The summed E-state index contributed by atoms with van der Waals surface area (Å²) in [5.41, 5.74) is -0.737. The number of fused-ring (bicyclic) bond motifs is 1. The number of rotatable bonds is 4. The molecule has 0 radical (unpaired) electrons. The van der Waals surface area contributed by atoms with Crippen LogP contribution in [0.1, 0.15) is 12.5 Å². The molecule has 27 heavy (non-hydrogen) atoms. The maximum atomic E-state index is 13.5. The van der Waals surface area contributed by atoms with Crippen LogP contribution in [-0.4, -0.2) is 29.7 Å². The Labute approximate surface area is 151 Å². The first-order valence-electron chi connectivity index (χ1n) is 7.73. The van der Waals surface area contributed by atoms with Gasteiger partial charge in [-0.25, -0.2) is 13.4 Å². The Kier molecular flexibility index (Phi) is 4.49. The zero-order chi connectivity index (χ0) is 20.0. The number of sulfone groups is 1. The normalized spacial score (nSPS) is 13.3. The monoisotopic (exact) mass is 404 g/mol. The molecule has 0 aliphatic heterocycles. The fourth-order valence-corrected chi connectivity index (χ4v) is 3.68. The van der Waals surface area contributed by atoms with E-state index in [0.29, 0.717) is 12.3 Å². The summed E-state index contributed by atoms with van der Waals surface area (Å²) in [5.74, 6) is -5.17. The van der Waals surface area contributed by atoms with Crippen molar-refractivity contribution in [3.63, 3.8) is 0 Å². The second-order valence-electron chi connectivity index (χ2n) is 5.78. The highest BCUT2D eigenvalue weighted by Crippen LogP contribution is 2.43. The van der Waals surface area contributed by atoms with Gasteiger partial charge in [0.05, 0.1) is 16.3 Å². The molecule has 2 heterocycles. The summed E-state index contributed by atoms with van der Waals surface area (Å²) >= 11 is 0. The molecule has 2 aromatic heterocycles. The molecule has 1 aromatic carbocycles. The van der Waals surface area contributed by atoms with Gasteiger partial charge in [0.1, 0.15) is 5.65 Å². The van der Waals surface area contributed by atoms with Crippen molar-refractivity contribution >= 4 is 15.5 Å². The zero-order valence-corrected chi connectivity index (χ0v) is 14.7. The summed E-state index contributed by atoms with van der Waals surface area (Å²) in [6, 6.07) is 7.67. The Morgan fingerprint density at radius 2 is 1.67 bits per heavy atom. The number of imidazole rings is 1. The van der Waals surface area contributed by atoms with Crippen molar-refractivity contribution in [1.29, 1.82) is 0 Å². The zero-order valence-electron chi connectivity index (χ0n) is 13.8. The molecule has 4 nitrogen and oxygen atoms in total. The lowest BCUT2D eigenvalue weighted by Crippen LogP contribution is -2.33. The molecular formula is C17H13F5N2O2S. The van der Waals surface area contributed by atoms with Crippen LogP contribution in [0.4, 0.5) is 22.0 Å². The van der Waals surface area contributed by atoms with E-state index in [1.54, 1.807) is 6.07 Å². The largest absolute Gasteiger partial charge is 0.458 e. The SMILES string of the molecule is CCS(=O)(=O)c1ccccc1-c1cn2cc(C(F)(F)C(F)(F)F)ccc2n1. The maximum Gasteiger partial charge on any atom is 0.458 e. The Hall–Kier alpha value is -2.49. The van der Waals surface area contributed by atoms with Crippen LogP contribution in [-0.2, 0) is 15.8 Å². The van der Waals surface area contributed by atoms with E-state index in [1.807, 2.05) is 0 Å². The molecule has 0 aliphatic carbocycles. The number of halogens is 5. The van der Waals surface area contributed by atoms with Crippen LogP contribution in [0.3, 0.4) is 0 Å². The minimum atomic E-state index is -5.73. The summed E-state index contributed by atoms with van der Waals surface area (Å²) in [4.78, 5) is 4.16. The predicted octanol–water partition coefficient (Wildman–Crippen LogP) is 4.45. The standard InChI is InChI=1S/C17H13F5N2O2S/c1-2-27(25,26)14-6-4-3-5-12(14)13-10-24-9-11(7-8-15(24)23-13)16(18,19)17(20,21)22/h3-10H,2H2,1H3. The van der Waals surface area contributed by atoms with E-state index in [-0.39, 0.29) is 27.6 Å². The van der Waals surface area contributed by atoms with Crippen molar-refractivity contribution in [3.8, 4) is 11.3 Å². The predicted molar refractivity (Wildman–Crippen MR) is 88.3 cm³/mol. The molecule has 0 spiro atoms. The molecule has 0 atom stereocenters. The first-order valence-corrected chi connectivity index (χ1v) is 9.38. The van der Waals surface area contributed by atoms with E-state index in [9.17, 15) is 30.4 Å². The lowest BCUT2D eigenvalue weighted by Gasteiger charge is -2.19. The van der Waals surface area contributed by atoms with Crippen LogP contribution in [0, 0.1) is 0 Å².